The molecule has 3 rings (SSSR count). The van der Waals surface area contributed by atoms with E-state index in [-0.39, 0.29) is 5.75 Å². The molecule has 0 aliphatic heterocycles. The molecular formula is C22H22INO2S. The first-order valence-electron chi connectivity index (χ1n) is 8.82. The molecule has 0 spiro atoms. The number of hydrogen-bond donors (Lipinski definition) is 0. The Bertz CT molecular complexity index is 960. The van der Waals surface area contributed by atoms with Gasteiger partial charge in [0, 0.05) is 23.2 Å². The van der Waals surface area contributed by atoms with Gasteiger partial charge in [0.15, 0.2) is 9.84 Å². The first kappa shape index (κ1) is 20.0. The molecule has 0 atom stereocenters. The van der Waals surface area contributed by atoms with Gasteiger partial charge in [-0.1, -0.05) is 66.7 Å². The van der Waals surface area contributed by atoms with Crippen LogP contribution in [-0.2, 0) is 22.9 Å². The lowest BCUT2D eigenvalue weighted by atomic mass is 10.1. The zero-order valence-corrected chi connectivity index (χ0v) is 17.9. The summed E-state index contributed by atoms with van der Waals surface area (Å²) in [6, 6.07) is 27.1. The predicted octanol–water partition coefficient (Wildman–Crippen LogP) is 4.77. The minimum atomic E-state index is -3.29. The summed E-state index contributed by atoms with van der Waals surface area (Å²) in [5.41, 5.74) is 2.40. The van der Waals surface area contributed by atoms with E-state index >= 15 is 0 Å². The van der Waals surface area contributed by atoms with Crippen molar-refractivity contribution in [3.05, 3.63) is 99.6 Å². The van der Waals surface area contributed by atoms with Crippen LogP contribution in [-0.4, -0.2) is 25.6 Å². The van der Waals surface area contributed by atoms with E-state index in [9.17, 15) is 8.42 Å². The second-order valence-electron chi connectivity index (χ2n) is 6.42. The lowest BCUT2D eigenvalue weighted by Gasteiger charge is -2.23. The Labute approximate surface area is 175 Å². The van der Waals surface area contributed by atoms with Crippen molar-refractivity contribution in [2.75, 3.05) is 12.3 Å². The van der Waals surface area contributed by atoms with Crippen LogP contribution in [0.25, 0.3) is 0 Å². The topological polar surface area (TPSA) is 37.4 Å². The minimum Gasteiger partial charge on any atom is -0.294 e. The Morgan fingerprint density at radius 3 is 2.00 bits per heavy atom. The average Bonchev–Trinajstić information content (AvgIpc) is 2.69. The van der Waals surface area contributed by atoms with E-state index in [0.717, 1.165) is 13.1 Å². The summed E-state index contributed by atoms with van der Waals surface area (Å²) in [6.45, 7) is 1.92. The summed E-state index contributed by atoms with van der Waals surface area (Å²) >= 11 is 2.33. The van der Waals surface area contributed by atoms with Crippen LogP contribution in [0.5, 0.6) is 0 Å². The Balaban J connectivity index is 1.76. The molecule has 3 aromatic rings. The maximum atomic E-state index is 12.7. The SMILES string of the molecule is O=S(=O)(CCN(Cc1ccccc1)Cc1ccccc1I)c1ccccc1. The smallest absolute Gasteiger partial charge is 0.179 e. The van der Waals surface area contributed by atoms with Crippen molar-refractivity contribution < 1.29 is 8.42 Å². The number of sulfone groups is 1. The molecule has 5 heteroatoms. The Morgan fingerprint density at radius 1 is 0.741 bits per heavy atom. The quantitative estimate of drug-likeness (QED) is 0.427. The van der Waals surface area contributed by atoms with Crippen LogP contribution in [0.1, 0.15) is 11.1 Å². The van der Waals surface area contributed by atoms with Crippen molar-refractivity contribution in [2.24, 2.45) is 0 Å². The minimum absolute atomic E-state index is 0.104. The molecule has 0 unspecified atom stereocenters. The molecule has 3 aromatic carbocycles. The van der Waals surface area contributed by atoms with Gasteiger partial charge >= 0.3 is 0 Å². The van der Waals surface area contributed by atoms with Crippen molar-refractivity contribution in [1.29, 1.82) is 0 Å². The van der Waals surface area contributed by atoms with Gasteiger partial charge in [-0.05, 0) is 51.9 Å². The molecule has 0 saturated carbocycles. The summed E-state index contributed by atoms with van der Waals surface area (Å²) in [5, 5.41) is 0. The number of nitrogens with zero attached hydrogens (tertiary/aromatic N) is 1. The van der Waals surface area contributed by atoms with Crippen molar-refractivity contribution in [2.45, 2.75) is 18.0 Å². The molecule has 0 fully saturated rings. The summed E-state index contributed by atoms with van der Waals surface area (Å²) in [5.74, 6) is 0.104. The number of halogens is 1. The molecule has 0 bridgehead atoms. The summed E-state index contributed by atoms with van der Waals surface area (Å²) in [6.07, 6.45) is 0. The van der Waals surface area contributed by atoms with E-state index in [2.05, 4.69) is 51.8 Å². The van der Waals surface area contributed by atoms with Gasteiger partial charge in [0.25, 0.3) is 0 Å². The Morgan fingerprint density at radius 2 is 1.33 bits per heavy atom. The highest BCUT2D eigenvalue weighted by Gasteiger charge is 2.17. The van der Waals surface area contributed by atoms with Gasteiger partial charge in [0.1, 0.15) is 0 Å². The first-order chi connectivity index (χ1) is 13.0. The van der Waals surface area contributed by atoms with Crippen LogP contribution in [0.3, 0.4) is 0 Å². The monoisotopic (exact) mass is 491 g/mol. The third-order valence-electron chi connectivity index (χ3n) is 4.38. The fourth-order valence-corrected chi connectivity index (χ4v) is 4.78. The van der Waals surface area contributed by atoms with Crippen molar-refractivity contribution in [3.8, 4) is 0 Å². The van der Waals surface area contributed by atoms with Crippen LogP contribution >= 0.6 is 22.6 Å². The third kappa shape index (κ3) is 5.89. The summed E-state index contributed by atoms with van der Waals surface area (Å²) in [4.78, 5) is 2.59. The van der Waals surface area contributed by atoms with E-state index in [1.54, 1.807) is 24.3 Å². The molecule has 0 saturated heterocycles. The highest BCUT2D eigenvalue weighted by Crippen LogP contribution is 2.17. The standard InChI is InChI=1S/C22H22INO2S/c23-22-14-8-7-11-20(22)18-24(17-19-9-3-1-4-10-19)15-16-27(25,26)21-12-5-2-6-13-21/h1-14H,15-18H2. The molecular weight excluding hydrogens is 469 g/mol. The van der Waals surface area contributed by atoms with Crippen molar-refractivity contribution in [3.63, 3.8) is 0 Å². The van der Waals surface area contributed by atoms with E-state index in [1.807, 2.05) is 36.4 Å². The van der Waals surface area contributed by atoms with Gasteiger partial charge in [-0.15, -0.1) is 0 Å². The highest BCUT2D eigenvalue weighted by molar-refractivity contribution is 14.1. The number of hydrogen-bond acceptors (Lipinski definition) is 3. The Kier molecular flexibility index (Phi) is 7.04. The van der Waals surface area contributed by atoms with Gasteiger partial charge in [-0.2, -0.15) is 0 Å². The fraction of sp³-hybridized carbons (Fsp3) is 0.182. The lowest BCUT2D eigenvalue weighted by Crippen LogP contribution is -2.29. The van der Waals surface area contributed by atoms with E-state index in [1.165, 1.54) is 14.7 Å². The van der Waals surface area contributed by atoms with E-state index < -0.39 is 9.84 Å². The second kappa shape index (κ2) is 9.48. The fourth-order valence-electron chi connectivity index (χ4n) is 2.92. The zero-order chi connectivity index (χ0) is 19.1. The molecule has 140 valence electrons. The van der Waals surface area contributed by atoms with Gasteiger partial charge in [0.05, 0.1) is 10.6 Å². The maximum absolute atomic E-state index is 12.7. The van der Waals surface area contributed by atoms with Crippen LogP contribution in [0.4, 0.5) is 0 Å². The van der Waals surface area contributed by atoms with Crippen LogP contribution in [0, 0.1) is 3.57 Å². The van der Waals surface area contributed by atoms with Gasteiger partial charge < -0.3 is 0 Å². The average molecular weight is 491 g/mol. The molecule has 27 heavy (non-hydrogen) atoms. The van der Waals surface area contributed by atoms with Crippen LogP contribution < -0.4 is 0 Å². The highest BCUT2D eigenvalue weighted by atomic mass is 127. The predicted molar refractivity (Wildman–Crippen MR) is 118 cm³/mol. The lowest BCUT2D eigenvalue weighted by molar-refractivity contribution is 0.271. The Hall–Kier alpha value is -1.70. The zero-order valence-electron chi connectivity index (χ0n) is 15.0. The normalized spacial score (nSPS) is 11.6. The largest absolute Gasteiger partial charge is 0.294 e. The molecule has 0 heterocycles. The van der Waals surface area contributed by atoms with Gasteiger partial charge in [-0.3, -0.25) is 4.90 Å². The molecule has 3 nitrogen and oxygen atoms in total. The molecule has 0 aromatic heterocycles. The first-order valence-corrected chi connectivity index (χ1v) is 11.6. The number of rotatable bonds is 8. The summed E-state index contributed by atoms with van der Waals surface area (Å²) in [7, 11) is -3.29. The second-order valence-corrected chi connectivity index (χ2v) is 9.69. The van der Waals surface area contributed by atoms with E-state index in [4.69, 9.17) is 0 Å². The van der Waals surface area contributed by atoms with Crippen LogP contribution in [0.2, 0.25) is 0 Å². The number of benzene rings is 3. The van der Waals surface area contributed by atoms with E-state index in [0.29, 0.717) is 11.4 Å². The molecule has 0 radical (unpaired) electrons. The van der Waals surface area contributed by atoms with Crippen molar-refractivity contribution in [1.82, 2.24) is 4.90 Å². The molecule has 0 aliphatic carbocycles. The molecule has 0 amide bonds. The third-order valence-corrected chi connectivity index (χ3v) is 7.14. The van der Waals surface area contributed by atoms with Crippen LogP contribution in [0.15, 0.2) is 89.8 Å². The van der Waals surface area contributed by atoms with Crippen molar-refractivity contribution >= 4 is 32.4 Å². The van der Waals surface area contributed by atoms with Gasteiger partial charge in [0.2, 0.25) is 0 Å². The maximum Gasteiger partial charge on any atom is 0.179 e. The molecule has 0 N–H and O–H groups in total. The molecule has 0 aliphatic rings. The summed E-state index contributed by atoms with van der Waals surface area (Å²) < 4.78 is 26.6. The van der Waals surface area contributed by atoms with Gasteiger partial charge in [-0.25, -0.2) is 8.42 Å².